The maximum atomic E-state index is 8.78. The topological polar surface area (TPSA) is 50.1 Å². The first-order chi connectivity index (χ1) is 7.27. The summed E-state index contributed by atoms with van der Waals surface area (Å²) >= 11 is 0. The number of aryl methyl sites for hydroxylation is 1. The summed E-state index contributed by atoms with van der Waals surface area (Å²) in [5.41, 5.74) is 1.21. The lowest BCUT2D eigenvalue weighted by Crippen LogP contribution is -2.27. The van der Waals surface area contributed by atoms with E-state index in [0.717, 1.165) is 25.9 Å². The van der Waals surface area contributed by atoms with Crippen LogP contribution in [-0.4, -0.2) is 27.5 Å². The standard InChI is InChI=1S/C11H21N3O/c1-3-7-14-11(4-6-13-14)9-12-10(2)5-8-15/h4,6,10,12,15H,3,5,7-9H2,1-2H3. The number of rotatable bonds is 7. The molecule has 1 atom stereocenters. The number of hydrogen-bond acceptors (Lipinski definition) is 3. The molecule has 0 aromatic carbocycles. The van der Waals surface area contributed by atoms with Gasteiger partial charge in [0.25, 0.3) is 0 Å². The Balaban J connectivity index is 2.39. The Morgan fingerprint density at radius 1 is 1.60 bits per heavy atom. The zero-order chi connectivity index (χ0) is 11.1. The van der Waals surface area contributed by atoms with Crippen molar-refractivity contribution < 1.29 is 5.11 Å². The molecule has 0 amide bonds. The fourth-order valence-electron chi connectivity index (χ4n) is 1.50. The second-order valence-electron chi connectivity index (χ2n) is 3.84. The summed E-state index contributed by atoms with van der Waals surface area (Å²) in [6.45, 7) is 6.26. The lowest BCUT2D eigenvalue weighted by molar-refractivity contribution is 0.268. The van der Waals surface area contributed by atoms with Crippen LogP contribution in [0, 0.1) is 0 Å². The highest BCUT2D eigenvalue weighted by Crippen LogP contribution is 2.01. The van der Waals surface area contributed by atoms with Crippen molar-refractivity contribution in [1.29, 1.82) is 0 Å². The normalized spacial score (nSPS) is 13.0. The lowest BCUT2D eigenvalue weighted by atomic mass is 10.2. The molecule has 1 heterocycles. The number of hydrogen-bond donors (Lipinski definition) is 2. The van der Waals surface area contributed by atoms with Crippen LogP contribution in [0.2, 0.25) is 0 Å². The van der Waals surface area contributed by atoms with E-state index in [1.54, 1.807) is 0 Å². The van der Waals surface area contributed by atoms with Crippen molar-refractivity contribution in [3.8, 4) is 0 Å². The van der Waals surface area contributed by atoms with Gasteiger partial charge in [-0.25, -0.2) is 0 Å². The Bertz CT molecular complexity index is 273. The minimum absolute atomic E-state index is 0.238. The smallest absolute Gasteiger partial charge is 0.0522 e. The molecule has 0 saturated carbocycles. The molecule has 0 radical (unpaired) electrons. The average molecular weight is 211 g/mol. The maximum Gasteiger partial charge on any atom is 0.0522 e. The van der Waals surface area contributed by atoms with Gasteiger partial charge in [0.05, 0.1) is 5.69 Å². The van der Waals surface area contributed by atoms with E-state index in [9.17, 15) is 0 Å². The molecular formula is C11H21N3O. The predicted octanol–water partition coefficient (Wildman–Crippen LogP) is 1.15. The highest BCUT2D eigenvalue weighted by molar-refractivity contribution is 5.00. The van der Waals surface area contributed by atoms with Gasteiger partial charge in [-0.15, -0.1) is 0 Å². The molecule has 0 spiro atoms. The van der Waals surface area contributed by atoms with Gasteiger partial charge in [-0.2, -0.15) is 5.10 Å². The molecule has 0 aliphatic rings. The minimum Gasteiger partial charge on any atom is -0.396 e. The van der Waals surface area contributed by atoms with Gasteiger partial charge in [0.15, 0.2) is 0 Å². The molecule has 86 valence electrons. The third kappa shape index (κ3) is 4.01. The molecule has 1 aromatic rings. The first-order valence-corrected chi connectivity index (χ1v) is 5.62. The molecule has 0 saturated heterocycles. The van der Waals surface area contributed by atoms with Crippen molar-refractivity contribution in [2.45, 2.75) is 45.8 Å². The van der Waals surface area contributed by atoms with Gasteiger partial charge in [0.2, 0.25) is 0 Å². The SMILES string of the molecule is CCCn1nccc1CNC(C)CCO. The van der Waals surface area contributed by atoms with E-state index in [2.05, 4.69) is 24.3 Å². The highest BCUT2D eigenvalue weighted by Gasteiger charge is 2.04. The van der Waals surface area contributed by atoms with Crippen molar-refractivity contribution in [2.75, 3.05) is 6.61 Å². The van der Waals surface area contributed by atoms with Crippen LogP contribution in [0.3, 0.4) is 0 Å². The van der Waals surface area contributed by atoms with Crippen LogP contribution in [0.4, 0.5) is 0 Å². The number of nitrogens with one attached hydrogen (secondary N) is 1. The first-order valence-electron chi connectivity index (χ1n) is 5.62. The highest BCUT2D eigenvalue weighted by atomic mass is 16.3. The molecule has 1 unspecified atom stereocenters. The molecule has 2 N–H and O–H groups in total. The van der Waals surface area contributed by atoms with Gasteiger partial charge in [-0.05, 0) is 25.8 Å². The van der Waals surface area contributed by atoms with Crippen LogP contribution in [0.25, 0.3) is 0 Å². The molecule has 15 heavy (non-hydrogen) atoms. The Labute approximate surface area is 91.3 Å². The van der Waals surface area contributed by atoms with E-state index in [1.165, 1.54) is 5.69 Å². The van der Waals surface area contributed by atoms with Gasteiger partial charge in [-0.3, -0.25) is 4.68 Å². The maximum absolute atomic E-state index is 8.78. The van der Waals surface area contributed by atoms with Crippen LogP contribution in [0.15, 0.2) is 12.3 Å². The third-order valence-corrected chi connectivity index (χ3v) is 2.43. The fraction of sp³-hybridized carbons (Fsp3) is 0.727. The molecule has 4 nitrogen and oxygen atoms in total. The van der Waals surface area contributed by atoms with Gasteiger partial charge in [-0.1, -0.05) is 6.92 Å². The van der Waals surface area contributed by atoms with Gasteiger partial charge < -0.3 is 10.4 Å². The van der Waals surface area contributed by atoms with Gasteiger partial charge in [0, 0.05) is 31.9 Å². The number of aliphatic hydroxyl groups excluding tert-OH is 1. The minimum atomic E-state index is 0.238. The Hall–Kier alpha value is -0.870. The summed E-state index contributed by atoms with van der Waals surface area (Å²) in [6.07, 6.45) is 3.73. The van der Waals surface area contributed by atoms with E-state index in [4.69, 9.17) is 5.11 Å². The van der Waals surface area contributed by atoms with E-state index in [0.29, 0.717) is 6.04 Å². The molecular weight excluding hydrogens is 190 g/mol. The van der Waals surface area contributed by atoms with Crippen molar-refractivity contribution in [3.05, 3.63) is 18.0 Å². The number of aliphatic hydroxyl groups is 1. The van der Waals surface area contributed by atoms with Crippen molar-refractivity contribution >= 4 is 0 Å². The first kappa shape index (κ1) is 12.2. The van der Waals surface area contributed by atoms with Crippen LogP contribution in [-0.2, 0) is 13.1 Å². The van der Waals surface area contributed by atoms with Crippen LogP contribution in [0.1, 0.15) is 32.4 Å². The van der Waals surface area contributed by atoms with E-state index < -0.39 is 0 Å². The molecule has 4 heteroatoms. The summed E-state index contributed by atoms with van der Waals surface area (Å²) in [4.78, 5) is 0. The molecule has 0 fully saturated rings. The third-order valence-electron chi connectivity index (χ3n) is 2.43. The van der Waals surface area contributed by atoms with E-state index in [1.807, 2.05) is 16.9 Å². The summed E-state index contributed by atoms with van der Waals surface area (Å²) in [5, 5.41) is 16.4. The fourth-order valence-corrected chi connectivity index (χ4v) is 1.50. The average Bonchev–Trinajstić information content (AvgIpc) is 2.64. The molecule has 1 aromatic heterocycles. The quantitative estimate of drug-likeness (QED) is 0.711. The van der Waals surface area contributed by atoms with Gasteiger partial charge >= 0.3 is 0 Å². The molecule has 1 rings (SSSR count). The van der Waals surface area contributed by atoms with E-state index >= 15 is 0 Å². The Morgan fingerprint density at radius 2 is 2.40 bits per heavy atom. The lowest BCUT2D eigenvalue weighted by Gasteiger charge is -2.13. The summed E-state index contributed by atoms with van der Waals surface area (Å²) in [5.74, 6) is 0. The Kier molecular flexibility index (Phi) is 5.36. The summed E-state index contributed by atoms with van der Waals surface area (Å²) in [7, 11) is 0. The van der Waals surface area contributed by atoms with Crippen LogP contribution in [0.5, 0.6) is 0 Å². The predicted molar refractivity (Wildman–Crippen MR) is 60.5 cm³/mol. The second-order valence-corrected chi connectivity index (χ2v) is 3.84. The van der Waals surface area contributed by atoms with Crippen LogP contribution >= 0.6 is 0 Å². The van der Waals surface area contributed by atoms with Crippen molar-refractivity contribution in [2.24, 2.45) is 0 Å². The largest absolute Gasteiger partial charge is 0.396 e. The second kappa shape index (κ2) is 6.58. The van der Waals surface area contributed by atoms with E-state index in [-0.39, 0.29) is 6.61 Å². The monoisotopic (exact) mass is 211 g/mol. The van der Waals surface area contributed by atoms with Crippen molar-refractivity contribution in [1.82, 2.24) is 15.1 Å². The zero-order valence-corrected chi connectivity index (χ0v) is 9.61. The van der Waals surface area contributed by atoms with Gasteiger partial charge in [0.1, 0.15) is 0 Å². The zero-order valence-electron chi connectivity index (χ0n) is 9.61. The molecule has 0 bridgehead atoms. The Morgan fingerprint density at radius 3 is 3.07 bits per heavy atom. The van der Waals surface area contributed by atoms with Crippen LogP contribution < -0.4 is 5.32 Å². The molecule has 0 aliphatic heterocycles. The van der Waals surface area contributed by atoms with Crippen molar-refractivity contribution in [3.63, 3.8) is 0 Å². The number of aromatic nitrogens is 2. The number of nitrogens with zero attached hydrogens (tertiary/aromatic N) is 2. The summed E-state index contributed by atoms with van der Waals surface area (Å²) in [6, 6.07) is 2.38. The molecule has 0 aliphatic carbocycles. The summed E-state index contributed by atoms with van der Waals surface area (Å²) < 4.78 is 2.03.